The van der Waals surface area contributed by atoms with Crippen LogP contribution in [-0.4, -0.2) is 23.7 Å². The molecule has 3 heteroatoms. The molecule has 2 rings (SSSR count). The van der Waals surface area contributed by atoms with Crippen LogP contribution in [0.5, 0.6) is 0 Å². The van der Waals surface area contributed by atoms with Crippen LogP contribution in [0.2, 0.25) is 0 Å². The normalized spacial score (nSPS) is 26.2. The van der Waals surface area contributed by atoms with E-state index in [2.05, 4.69) is 43.2 Å². The van der Waals surface area contributed by atoms with Gasteiger partial charge in [0.25, 0.3) is 0 Å². The third-order valence-corrected chi connectivity index (χ3v) is 3.75. The van der Waals surface area contributed by atoms with Crippen LogP contribution in [0.15, 0.2) is 24.5 Å². The van der Waals surface area contributed by atoms with Gasteiger partial charge in [0, 0.05) is 31.1 Å². The minimum absolute atomic E-state index is 0.379. The molecule has 0 bridgehead atoms. The molecule has 0 saturated carbocycles. The topological polar surface area (TPSA) is 34.2 Å². The fourth-order valence-electron chi connectivity index (χ4n) is 2.55. The van der Waals surface area contributed by atoms with Gasteiger partial charge < -0.3 is 10.1 Å². The Morgan fingerprint density at radius 3 is 2.67 bits per heavy atom. The highest BCUT2D eigenvalue weighted by Crippen LogP contribution is 2.22. The summed E-state index contributed by atoms with van der Waals surface area (Å²) in [6, 6.07) is 5.10. The van der Waals surface area contributed by atoms with Gasteiger partial charge in [-0.1, -0.05) is 13.8 Å². The van der Waals surface area contributed by atoms with Crippen molar-refractivity contribution < 1.29 is 4.74 Å². The third kappa shape index (κ3) is 3.53. The molecule has 1 aromatic heterocycles. The minimum atomic E-state index is 0.379. The molecule has 0 radical (unpaired) electrons. The van der Waals surface area contributed by atoms with Gasteiger partial charge in [-0.05, 0) is 43.4 Å². The van der Waals surface area contributed by atoms with Gasteiger partial charge in [0.15, 0.2) is 0 Å². The quantitative estimate of drug-likeness (QED) is 0.889. The van der Waals surface area contributed by atoms with Gasteiger partial charge in [-0.2, -0.15) is 0 Å². The maximum Gasteiger partial charge on any atom is 0.0612 e. The first-order valence-corrected chi connectivity index (χ1v) is 6.94. The lowest BCUT2D eigenvalue weighted by molar-refractivity contribution is -0.0257. The van der Waals surface area contributed by atoms with Gasteiger partial charge in [-0.15, -0.1) is 0 Å². The largest absolute Gasteiger partial charge is 0.378 e. The maximum absolute atomic E-state index is 5.81. The highest BCUT2D eigenvalue weighted by atomic mass is 16.5. The first-order chi connectivity index (χ1) is 8.66. The average Bonchev–Trinajstić information content (AvgIpc) is 2.40. The van der Waals surface area contributed by atoms with Crippen LogP contribution in [0.3, 0.4) is 0 Å². The summed E-state index contributed by atoms with van der Waals surface area (Å²) in [4.78, 5) is 4.06. The monoisotopic (exact) mass is 248 g/mol. The summed E-state index contributed by atoms with van der Waals surface area (Å²) in [6.45, 7) is 7.57. The van der Waals surface area contributed by atoms with Gasteiger partial charge in [-0.3, -0.25) is 4.98 Å². The van der Waals surface area contributed by atoms with Crippen LogP contribution < -0.4 is 5.32 Å². The number of nitrogens with zero attached hydrogens (tertiary/aromatic N) is 1. The van der Waals surface area contributed by atoms with Crippen molar-refractivity contribution in [3.63, 3.8) is 0 Å². The number of hydrogen-bond acceptors (Lipinski definition) is 3. The second-order valence-electron chi connectivity index (χ2n) is 5.54. The van der Waals surface area contributed by atoms with E-state index in [1.165, 1.54) is 5.56 Å². The zero-order valence-electron chi connectivity index (χ0n) is 11.6. The summed E-state index contributed by atoms with van der Waals surface area (Å²) in [5, 5.41) is 3.71. The Balaban J connectivity index is 1.89. The summed E-state index contributed by atoms with van der Waals surface area (Å²) in [5.74, 6) is 0.603. The Kier molecular flexibility index (Phi) is 4.72. The van der Waals surface area contributed by atoms with Gasteiger partial charge in [0.1, 0.15) is 0 Å². The van der Waals surface area contributed by atoms with Crippen LogP contribution in [0, 0.1) is 5.92 Å². The summed E-state index contributed by atoms with van der Waals surface area (Å²) in [6.07, 6.45) is 6.34. The Morgan fingerprint density at radius 1 is 1.28 bits per heavy atom. The van der Waals surface area contributed by atoms with E-state index >= 15 is 0 Å². The van der Waals surface area contributed by atoms with Crippen LogP contribution >= 0.6 is 0 Å². The standard InChI is InChI=1S/C15H24N2O/c1-11(2)15-10-14(6-9-18-15)17-12(3)13-4-7-16-8-5-13/h4-5,7-8,11-12,14-15,17H,6,9-10H2,1-3H3/t12-,14?,15?/m1/s1. The van der Waals surface area contributed by atoms with Crippen molar-refractivity contribution in [2.45, 2.75) is 51.8 Å². The van der Waals surface area contributed by atoms with E-state index in [9.17, 15) is 0 Å². The van der Waals surface area contributed by atoms with Gasteiger partial charge in [0.05, 0.1) is 6.10 Å². The van der Waals surface area contributed by atoms with Gasteiger partial charge in [0.2, 0.25) is 0 Å². The van der Waals surface area contributed by atoms with Crippen molar-refractivity contribution in [2.24, 2.45) is 5.92 Å². The third-order valence-electron chi connectivity index (χ3n) is 3.75. The first-order valence-electron chi connectivity index (χ1n) is 6.94. The van der Waals surface area contributed by atoms with Crippen LogP contribution in [-0.2, 0) is 4.74 Å². The van der Waals surface area contributed by atoms with Gasteiger partial charge in [-0.25, -0.2) is 0 Å². The van der Waals surface area contributed by atoms with E-state index in [1.807, 2.05) is 12.4 Å². The first kappa shape index (κ1) is 13.5. The Hall–Kier alpha value is -0.930. The van der Waals surface area contributed by atoms with Gasteiger partial charge >= 0.3 is 0 Å². The van der Waals surface area contributed by atoms with Crippen molar-refractivity contribution in [1.82, 2.24) is 10.3 Å². The number of nitrogens with one attached hydrogen (secondary N) is 1. The van der Waals surface area contributed by atoms with Crippen molar-refractivity contribution in [1.29, 1.82) is 0 Å². The molecule has 1 N–H and O–H groups in total. The SMILES string of the molecule is CC(C)C1CC(N[C@H](C)c2ccncc2)CCO1. The molecule has 2 unspecified atom stereocenters. The molecule has 0 aromatic carbocycles. The summed E-state index contributed by atoms with van der Waals surface area (Å²) < 4.78 is 5.81. The Morgan fingerprint density at radius 2 is 2.00 bits per heavy atom. The molecule has 3 atom stereocenters. The van der Waals surface area contributed by atoms with E-state index in [0.29, 0.717) is 24.1 Å². The second kappa shape index (κ2) is 6.30. The summed E-state index contributed by atoms with van der Waals surface area (Å²) >= 11 is 0. The zero-order valence-corrected chi connectivity index (χ0v) is 11.6. The molecule has 1 aromatic rings. The van der Waals surface area contributed by atoms with Crippen molar-refractivity contribution in [2.75, 3.05) is 6.61 Å². The molecular weight excluding hydrogens is 224 g/mol. The van der Waals surface area contributed by atoms with E-state index in [1.54, 1.807) is 0 Å². The summed E-state index contributed by atoms with van der Waals surface area (Å²) in [7, 11) is 0. The molecule has 2 heterocycles. The molecule has 100 valence electrons. The minimum Gasteiger partial charge on any atom is -0.378 e. The predicted molar refractivity (Wildman–Crippen MR) is 73.4 cm³/mol. The maximum atomic E-state index is 5.81. The highest BCUT2D eigenvalue weighted by molar-refractivity contribution is 5.14. The smallest absolute Gasteiger partial charge is 0.0612 e. The molecule has 0 aliphatic carbocycles. The Bertz CT molecular complexity index is 353. The molecular formula is C15H24N2O. The molecule has 3 nitrogen and oxygen atoms in total. The molecule has 1 aliphatic rings. The molecule has 1 aliphatic heterocycles. The fraction of sp³-hybridized carbons (Fsp3) is 0.667. The molecule has 0 spiro atoms. The predicted octanol–water partition coefficient (Wildman–Crippen LogP) is 2.94. The number of pyridine rings is 1. The van der Waals surface area contributed by atoms with Crippen LogP contribution in [0.1, 0.15) is 45.2 Å². The van der Waals surface area contributed by atoms with Crippen molar-refractivity contribution in [3.8, 4) is 0 Å². The zero-order chi connectivity index (χ0) is 13.0. The number of hydrogen-bond donors (Lipinski definition) is 1. The van der Waals surface area contributed by atoms with E-state index < -0.39 is 0 Å². The lowest BCUT2D eigenvalue weighted by Gasteiger charge is -2.34. The van der Waals surface area contributed by atoms with E-state index in [4.69, 9.17) is 4.74 Å². The second-order valence-corrected chi connectivity index (χ2v) is 5.54. The molecule has 1 fully saturated rings. The van der Waals surface area contributed by atoms with Crippen LogP contribution in [0.25, 0.3) is 0 Å². The lowest BCUT2D eigenvalue weighted by Crippen LogP contribution is -2.41. The number of rotatable bonds is 4. The molecule has 18 heavy (non-hydrogen) atoms. The Labute approximate surface area is 110 Å². The van der Waals surface area contributed by atoms with Crippen molar-refractivity contribution >= 4 is 0 Å². The van der Waals surface area contributed by atoms with E-state index in [0.717, 1.165) is 19.4 Å². The van der Waals surface area contributed by atoms with E-state index in [-0.39, 0.29) is 0 Å². The highest BCUT2D eigenvalue weighted by Gasteiger charge is 2.25. The lowest BCUT2D eigenvalue weighted by atomic mass is 9.94. The number of aromatic nitrogens is 1. The number of ether oxygens (including phenoxy) is 1. The van der Waals surface area contributed by atoms with Crippen molar-refractivity contribution in [3.05, 3.63) is 30.1 Å². The fourth-order valence-corrected chi connectivity index (χ4v) is 2.55. The average molecular weight is 248 g/mol. The molecule has 1 saturated heterocycles. The van der Waals surface area contributed by atoms with Crippen LogP contribution in [0.4, 0.5) is 0 Å². The summed E-state index contributed by atoms with van der Waals surface area (Å²) in [5.41, 5.74) is 1.30. The molecule has 0 amide bonds.